The van der Waals surface area contributed by atoms with Crippen molar-refractivity contribution >= 4 is 53.3 Å². The van der Waals surface area contributed by atoms with E-state index in [1.807, 2.05) is 11.3 Å². The summed E-state index contributed by atoms with van der Waals surface area (Å²) >= 11 is 9.19. The van der Waals surface area contributed by atoms with Crippen LogP contribution in [0.5, 0.6) is 0 Å². The molecule has 0 aliphatic heterocycles. The molecule has 3 heteroatoms. The molecule has 0 N–H and O–H groups in total. The minimum atomic E-state index is 0.489. The van der Waals surface area contributed by atoms with Crippen LogP contribution in [0.4, 0.5) is 0 Å². The Balaban J connectivity index is 1.94. The van der Waals surface area contributed by atoms with Crippen LogP contribution in [0.3, 0.4) is 0 Å². The maximum atomic E-state index is 3.68. The number of hydrogen-bond donors (Lipinski definition) is 0. The van der Waals surface area contributed by atoms with Crippen molar-refractivity contribution in [2.24, 2.45) is 0 Å². The summed E-state index contributed by atoms with van der Waals surface area (Å²) in [7, 11) is 0. The van der Waals surface area contributed by atoms with Crippen LogP contribution < -0.4 is 0 Å². The van der Waals surface area contributed by atoms with Crippen molar-refractivity contribution in [1.29, 1.82) is 0 Å². The van der Waals surface area contributed by atoms with Gasteiger partial charge in [0.25, 0.3) is 0 Å². The summed E-state index contributed by atoms with van der Waals surface area (Å²) in [6.45, 7) is 0. The maximum absolute atomic E-state index is 3.68. The highest BCUT2D eigenvalue weighted by atomic mass is 79.9. The van der Waals surface area contributed by atoms with E-state index in [4.69, 9.17) is 0 Å². The van der Waals surface area contributed by atoms with Gasteiger partial charge in [0.1, 0.15) is 0 Å². The molecule has 1 unspecified atom stereocenters. The van der Waals surface area contributed by atoms with Crippen molar-refractivity contribution in [2.75, 3.05) is 5.33 Å². The van der Waals surface area contributed by atoms with Gasteiger partial charge in [-0.1, -0.05) is 68.3 Å². The van der Waals surface area contributed by atoms with Gasteiger partial charge in [-0.05, 0) is 46.4 Å². The van der Waals surface area contributed by atoms with Crippen molar-refractivity contribution in [3.05, 3.63) is 69.5 Å². The molecule has 0 saturated carbocycles. The molecule has 0 amide bonds. The first kappa shape index (κ1) is 14.3. The molecule has 0 nitrogen and oxygen atoms in total. The number of halogens is 2. The first-order valence-corrected chi connectivity index (χ1v) is 9.34. The molecule has 3 aromatic rings. The van der Waals surface area contributed by atoms with Crippen molar-refractivity contribution in [1.82, 2.24) is 0 Å². The topological polar surface area (TPSA) is 0 Å². The zero-order chi connectivity index (χ0) is 13.9. The number of rotatable bonds is 4. The predicted octanol–water partition coefficient (Wildman–Crippen LogP) is 6.39. The smallest absolute Gasteiger partial charge is 0.0345 e. The lowest BCUT2D eigenvalue weighted by atomic mass is 9.93. The van der Waals surface area contributed by atoms with Crippen LogP contribution in [-0.2, 0) is 6.42 Å². The SMILES string of the molecule is BrCC(Cc1csc2ccccc12)c1ccccc1Br. The van der Waals surface area contributed by atoms with Gasteiger partial charge in [0.2, 0.25) is 0 Å². The van der Waals surface area contributed by atoms with E-state index in [0.29, 0.717) is 5.92 Å². The molecule has 0 bridgehead atoms. The summed E-state index contributed by atoms with van der Waals surface area (Å²) in [5.74, 6) is 0.489. The lowest BCUT2D eigenvalue weighted by Gasteiger charge is -2.16. The molecule has 1 aromatic heterocycles. The van der Waals surface area contributed by atoms with E-state index < -0.39 is 0 Å². The molecule has 0 spiro atoms. The third-order valence-electron chi connectivity index (χ3n) is 3.56. The third-order valence-corrected chi connectivity index (χ3v) is 6.07. The highest BCUT2D eigenvalue weighted by Gasteiger charge is 2.15. The van der Waals surface area contributed by atoms with E-state index in [1.165, 1.54) is 25.7 Å². The monoisotopic (exact) mass is 408 g/mol. The normalized spacial score (nSPS) is 12.7. The Morgan fingerprint density at radius 2 is 1.75 bits per heavy atom. The van der Waals surface area contributed by atoms with Crippen molar-refractivity contribution < 1.29 is 0 Å². The zero-order valence-electron chi connectivity index (χ0n) is 10.9. The van der Waals surface area contributed by atoms with Gasteiger partial charge >= 0.3 is 0 Å². The van der Waals surface area contributed by atoms with Crippen molar-refractivity contribution in [3.8, 4) is 0 Å². The quantitative estimate of drug-likeness (QED) is 0.438. The fraction of sp³-hybridized carbons (Fsp3) is 0.176. The molecule has 1 heterocycles. The van der Waals surface area contributed by atoms with E-state index >= 15 is 0 Å². The lowest BCUT2D eigenvalue weighted by molar-refractivity contribution is 0.777. The summed E-state index contributed by atoms with van der Waals surface area (Å²) in [5.41, 5.74) is 2.82. The predicted molar refractivity (Wildman–Crippen MR) is 96.2 cm³/mol. The van der Waals surface area contributed by atoms with Gasteiger partial charge in [0.15, 0.2) is 0 Å². The molecule has 0 fully saturated rings. The van der Waals surface area contributed by atoms with Gasteiger partial charge in [-0.25, -0.2) is 0 Å². The minimum Gasteiger partial charge on any atom is -0.144 e. The second-order valence-electron chi connectivity index (χ2n) is 4.83. The molecule has 0 radical (unpaired) electrons. The maximum Gasteiger partial charge on any atom is 0.0345 e. The van der Waals surface area contributed by atoms with E-state index in [9.17, 15) is 0 Å². The molecule has 0 aliphatic carbocycles. The van der Waals surface area contributed by atoms with Gasteiger partial charge in [-0.15, -0.1) is 11.3 Å². The Morgan fingerprint density at radius 1 is 1.00 bits per heavy atom. The molecule has 20 heavy (non-hydrogen) atoms. The summed E-state index contributed by atoms with van der Waals surface area (Å²) in [6.07, 6.45) is 1.07. The molecule has 102 valence electrons. The summed E-state index contributed by atoms with van der Waals surface area (Å²) < 4.78 is 2.58. The fourth-order valence-electron chi connectivity index (χ4n) is 2.51. The minimum absolute atomic E-state index is 0.489. The van der Waals surface area contributed by atoms with E-state index in [0.717, 1.165) is 11.8 Å². The van der Waals surface area contributed by atoms with Crippen LogP contribution in [0.2, 0.25) is 0 Å². The number of benzene rings is 2. The van der Waals surface area contributed by atoms with Gasteiger partial charge in [-0.2, -0.15) is 0 Å². The van der Waals surface area contributed by atoms with Crippen LogP contribution in [0.25, 0.3) is 10.1 Å². The Bertz CT molecular complexity index is 718. The Kier molecular flexibility index (Phi) is 4.59. The van der Waals surface area contributed by atoms with Crippen LogP contribution in [-0.4, -0.2) is 5.33 Å². The zero-order valence-corrected chi connectivity index (χ0v) is 14.8. The van der Waals surface area contributed by atoms with E-state index in [2.05, 4.69) is 85.8 Å². The van der Waals surface area contributed by atoms with Crippen molar-refractivity contribution in [2.45, 2.75) is 12.3 Å². The summed E-state index contributed by atoms with van der Waals surface area (Å²) in [5, 5.41) is 4.67. The van der Waals surface area contributed by atoms with Gasteiger partial charge < -0.3 is 0 Å². The standard InChI is InChI=1S/C17H14Br2S/c18-10-12(14-5-1-3-7-16(14)19)9-13-11-20-17-8-4-2-6-15(13)17/h1-8,11-12H,9-10H2. The van der Waals surface area contributed by atoms with Crippen molar-refractivity contribution in [3.63, 3.8) is 0 Å². The molecule has 3 rings (SSSR count). The fourth-order valence-corrected chi connectivity index (χ4v) is 4.67. The molecule has 0 aliphatic rings. The number of hydrogen-bond acceptors (Lipinski definition) is 1. The van der Waals surface area contributed by atoms with Gasteiger partial charge in [-0.3, -0.25) is 0 Å². The van der Waals surface area contributed by atoms with Crippen LogP contribution in [0.1, 0.15) is 17.0 Å². The molecule has 0 saturated heterocycles. The van der Waals surface area contributed by atoms with Gasteiger partial charge in [0.05, 0.1) is 0 Å². The first-order chi connectivity index (χ1) is 9.79. The Hall–Kier alpha value is -0.640. The number of fused-ring (bicyclic) bond motifs is 1. The highest BCUT2D eigenvalue weighted by molar-refractivity contribution is 9.10. The second-order valence-corrected chi connectivity index (χ2v) is 7.25. The van der Waals surface area contributed by atoms with E-state index in [-0.39, 0.29) is 0 Å². The number of alkyl halides is 1. The van der Waals surface area contributed by atoms with Crippen LogP contribution in [0.15, 0.2) is 58.4 Å². The average molecular weight is 410 g/mol. The molecular formula is C17H14Br2S. The Morgan fingerprint density at radius 3 is 2.55 bits per heavy atom. The van der Waals surface area contributed by atoms with E-state index in [1.54, 1.807) is 0 Å². The van der Waals surface area contributed by atoms with Gasteiger partial charge in [0, 0.05) is 14.5 Å². The Labute approximate surface area is 140 Å². The second kappa shape index (κ2) is 6.42. The molecule has 1 atom stereocenters. The van der Waals surface area contributed by atoms with Crippen LogP contribution in [0, 0.1) is 0 Å². The lowest BCUT2D eigenvalue weighted by Crippen LogP contribution is -2.05. The van der Waals surface area contributed by atoms with Crippen LogP contribution >= 0.6 is 43.2 Å². The number of thiophene rings is 1. The third kappa shape index (κ3) is 2.85. The average Bonchev–Trinajstić information content (AvgIpc) is 2.89. The molecule has 2 aromatic carbocycles. The summed E-state index contributed by atoms with van der Waals surface area (Å²) in [4.78, 5) is 0. The largest absolute Gasteiger partial charge is 0.144 e. The summed E-state index contributed by atoms with van der Waals surface area (Å²) in [6, 6.07) is 17.2. The molecular weight excluding hydrogens is 396 g/mol. The highest BCUT2D eigenvalue weighted by Crippen LogP contribution is 2.33. The first-order valence-electron chi connectivity index (χ1n) is 6.55.